The third kappa shape index (κ3) is 4.73. The molecule has 1 saturated heterocycles. The number of hydrogen-bond acceptors (Lipinski definition) is 6. The summed E-state index contributed by atoms with van der Waals surface area (Å²) in [6, 6.07) is 3.63. The highest BCUT2D eigenvalue weighted by Crippen LogP contribution is 2.31. The average Bonchev–Trinajstić information content (AvgIpc) is 2.67. The van der Waals surface area contributed by atoms with Crippen molar-refractivity contribution in [2.45, 2.75) is 43.9 Å². The summed E-state index contributed by atoms with van der Waals surface area (Å²) in [7, 11) is -3.48. The van der Waals surface area contributed by atoms with Crippen molar-refractivity contribution >= 4 is 15.7 Å². The van der Waals surface area contributed by atoms with Gasteiger partial charge >= 0.3 is 0 Å². The van der Waals surface area contributed by atoms with Gasteiger partial charge in [-0.3, -0.25) is 9.78 Å². The summed E-state index contributed by atoms with van der Waals surface area (Å²) in [4.78, 5) is 27.5. The van der Waals surface area contributed by atoms with Gasteiger partial charge in [-0.25, -0.2) is 18.4 Å². The molecule has 0 spiro atoms. The summed E-state index contributed by atoms with van der Waals surface area (Å²) in [5, 5.41) is 0. The standard InChI is InChI=1S/C20H26N4O3S/c1-14(2)10-18(25)24-9-5-7-16(13-24)19-17(28(3,26)27)12-22-20(23-19)15-6-4-8-21-11-15/h4,6,8,11-12,14,16H,5,7,9-10,13H2,1-3H3/t16-/m1/s1. The van der Waals surface area contributed by atoms with E-state index in [0.717, 1.165) is 18.4 Å². The molecule has 2 aromatic heterocycles. The molecule has 0 N–H and O–H groups in total. The van der Waals surface area contributed by atoms with E-state index in [0.29, 0.717) is 31.0 Å². The second kappa shape index (κ2) is 8.34. The number of likely N-dealkylation sites (tertiary alicyclic amines) is 1. The van der Waals surface area contributed by atoms with Crippen molar-refractivity contribution in [3.63, 3.8) is 0 Å². The van der Waals surface area contributed by atoms with E-state index >= 15 is 0 Å². The molecule has 8 heteroatoms. The lowest BCUT2D eigenvalue weighted by molar-refractivity contribution is -0.133. The van der Waals surface area contributed by atoms with E-state index in [-0.39, 0.29) is 22.6 Å². The van der Waals surface area contributed by atoms with Crippen LogP contribution in [0.1, 0.15) is 44.7 Å². The van der Waals surface area contributed by atoms with Gasteiger partial charge in [0.2, 0.25) is 5.91 Å². The maximum Gasteiger partial charge on any atom is 0.222 e. The van der Waals surface area contributed by atoms with E-state index < -0.39 is 9.84 Å². The van der Waals surface area contributed by atoms with Crippen LogP contribution in [0.3, 0.4) is 0 Å². The zero-order valence-corrected chi connectivity index (χ0v) is 17.3. The van der Waals surface area contributed by atoms with Crippen LogP contribution in [0.25, 0.3) is 11.4 Å². The molecule has 3 heterocycles. The minimum atomic E-state index is -3.48. The lowest BCUT2D eigenvalue weighted by Gasteiger charge is -2.33. The Bertz CT molecular complexity index is 945. The van der Waals surface area contributed by atoms with Crippen molar-refractivity contribution in [2.75, 3.05) is 19.3 Å². The first-order valence-electron chi connectivity index (χ1n) is 9.51. The van der Waals surface area contributed by atoms with Gasteiger partial charge in [0.15, 0.2) is 15.7 Å². The van der Waals surface area contributed by atoms with Crippen LogP contribution in [0.4, 0.5) is 0 Å². The van der Waals surface area contributed by atoms with E-state index in [4.69, 9.17) is 0 Å². The predicted molar refractivity (Wildman–Crippen MR) is 106 cm³/mol. The van der Waals surface area contributed by atoms with Gasteiger partial charge in [0.25, 0.3) is 0 Å². The van der Waals surface area contributed by atoms with E-state index in [9.17, 15) is 13.2 Å². The smallest absolute Gasteiger partial charge is 0.222 e. The molecule has 1 aliphatic heterocycles. The second-order valence-electron chi connectivity index (χ2n) is 7.73. The number of aromatic nitrogens is 3. The van der Waals surface area contributed by atoms with Gasteiger partial charge in [0, 0.05) is 55.8 Å². The van der Waals surface area contributed by atoms with Crippen molar-refractivity contribution in [2.24, 2.45) is 5.92 Å². The van der Waals surface area contributed by atoms with Gasteiger partial charge in [-0.15, -0.1) is 0 Å². The van der Waals surface area contributed by atoms with Gasteiger partial charge in [-0.1, -0.05) is 13.8 Å². The summed E-state index contributed by atoms with van der Waals surface area (Å²) in [6.45, 7) is 5.23. The Hall–Kier alpha value is -2.35. The van der Waals surface area contributed by atoms with Crippen molar-refractivity contribution in [1.29, 1.82) is 0 Å². The topological polar surface area (TPSA) is 93.1 Å². The van der Waals surface area contributed by atoms with E-state index in [1.165, 1.54) is 12.5 Å². The molecular weight excluding hydrogens is 376 g/mol. The number of pyridine rings is 1. The van der Waals surface area contributed by atoms with E-state index in [2.05, 4.69) is 15.0 Å². The third-order valence-corrected chi connectivity index (χ3v) is 5.96. The normalized spacial score (nSPS) is 17.7. The van der Waals surface area contributed by atoms with Crippen molar-refractivity contribution in [3.05, 3.63) is 36.4 Å². The number of nitrogens with zero attached hydrogens (tertiary/aromatic N) is 4. The molecule has 0 aliphatic carbocycles. The molecule has 0 aromatic carbocycles. The number of sulfone groups is 1. The second-order valence-corrected chi connectivity index (χ2v) is 9.72. The number of amides is 1. The minimum absolute atomic E-state index is 0.113. The van der Waals surface area contributed by atoms with Gasteiger partial charge in [0.1, 0.15) is 4.90 Å². The molecule has 0 unspecified atom stereocenters. The molecule has 2 aromatic rings. The van der Waals surface area contributed by atoms with Crippen LogP contribution in [0.15, 0.2) is 35.6 Å². The van der Waals surface area contributed by atoms with Crippen LogP contribution in [0.2, 0.25) is 0 Å². The number of rotatable bonds is 5. The van der Waals surface area contributed by atoms with Crippen molar-refractivity contribution in [1.82, 2.24) is 19.9 Å². The summed E-state index contributed by atoms with van der Waals surface area (Å²) < 4.78 is 24.7. The Morgan fingerprint density at radius 1 is 1.32 bits per heavy atom. The highest BCUT2D eigenvalue weighted by atomic mass is 32.2. The predicted octanol–water partition coefficient (Wildman–Crippen LogP) is 2.69. The molecular formula is C20H26N4O3S. The molecule has 1 aliphatic rings. The molecule has 28 heavy (non-hydrogen) atoms. The summed E-state index contributed by atoms with van der Waals surface area (Å²) in [5.74, 6) is 0.715. The zero-order valence-electron chi connectivity index (χ0n) is 16.5. The Labute approximate surface area is 166 Å². The van der Waals surface area contributed by atoms with Crippen LogP contribution in [0, 0.1) is 5.92 Å². The lowest BCUT2D eigenvalue weighted by atomic mass is 9.93. The van der Waals surface area contributed by atoms with Crippen LogP contribution < -0.4 is 0 Å². The van der Waals surface area contributed by atoms with Gasteiger partial charge in [-0.05, 0) is 30.9 Å². The van der Waals surface area contributed by atoms with Crippen LogP contribution >= 0.6 is 0 Å². The SMILES string of the molecule is CC(C)CC(=O)N1CCC[C@@H](c2nc(-c3cccnc3)ncc2S(C)(=O)=O)C1. The maximum absolute atomic E-state index is 12.5. The van der Waals surface area contributed by atoms with E-state index in [1.54, 1.807) is 18.5 Å². The average molecular weight is 403 g/mol. The molecule has 0 bridgehead atoms. The number of piperidine rings is 1. The third-order valence-electron chi connectivity index (χ3n) is 4.85. The first-order chi connectivity index (χ1) is 13.3. The van der Waals surface area contributed by atoms with Crippen molar-refractivity contribution in [3.8, 4) is 11.4 Å². The largest absolute Gasteiger partial charge is 0.342 e. The number of hydrogen-bond donors (Lipinski definition) is 0. The minimum Gasteiger partial charge on any atom is -0.342 e. The molecule has 3 rings (SSSR count). The zero-order chi connectivity index (χ0) is 20.3. The molecule has 150 valence electrons. The first-order valence-corrected chi connectivity index (χ1v) is 11.4. The summed E-state index contributed by atoms with van der Waals surface area (Å²) in [6.07, 6.45) is 7.98. The fraction of sp³-hybridized carbons (Fsp3) is 0.500. The van der Waals surface area contributed by atoms with Crippen LogP contribution in [0.5, 0.6) is 0 Å². The fourth-order valence-electron chi connectivity index (χ4n) is 3.50. The van der Waals surface area contributed by atoms with Gasteiger partial charge < -0.3 is 4.90 Å². The Morgan fingerprint density at radius 2 is 2.11 bits per heavy atom. The first kappa shape index (κ1) is 20.4. The molecule has 0 saturated carbocycles. The molecule has 1 fully saturated rings. The van der Waals surface area contributed by atoms with Crippen LogP contribution in [-0.2, 0) is 14.6 Å². The molecule has 0 radical (unpaired) electrons. The Balaban J connectivity index is 1.97. The summed E-state index contributed by atoms with van der Waals surface area (Å²) >= 11 is 0. The highest BCUT2D eigenvalue weighted by molar-refractivity contribution is 7.90. The Morgan fingerprint density at radius 3 is 2.75 bits per heavy atom. The maximum atomic E-state index is 12.5. The number of carbonyl (C=O) groups is 1. The summed E-state index contributed by atoms with van der Waals surface area (Å²) in [5.41, 5.74) is 1.23. The molecule has 7 nitrogen and oxygen atoms in total. The molecule has 1 amide bonds. The highest BCUT2D eigenvalue weighted by Gasteiger charge is 2.30. The van der Waals surface area contributed by atoms with Crippen molar-refractivity contribution < 1.29 is 13.2 Å². The fourth-order valence-corrected chi connectivity index (χ4v) is 4.34. The monoisotopic (exact) mass is 402 g/mol. The number of carbonyl (C=O) groups excluding carboxylic acids is 1. The Kier molecular flexibility index (Phi) is 6.07. The molecule has 1 atom stereocenters. The lowest BCUT2D eigenvalue weighted by Crippen LogP contribution is -2.40. The quantitative estimate of drug-likeness (QED) is 0.763. The van der Waals surface area contributed by atoms with E-state index in [1.807, 2.05) is 24.8 Å². The van der Waals surface area contributed by atoms with Crippen LogP contribution in [-0.4, -0.2) is 53.5 Å². The van der Waals surface area contributed by atoms with Gasteiger partial charge in [-0.2, -0.15) is 0 Å². The van der Waals surface area contributed by atoms with Gasteiger partial charge in [0.05, 0.1) is 5.69 Å².